The van der Waals surface area contributed by atoms with Crippen molar-refractivity contribution in [1.29, 1.82) is 0 Å². The van der Waals surface area contributed by atoms with Gasteiger partial charge in [-0.05, 0) is 29.3 Å². The van der Waals surface area contributed by atoms with E-state index in [1.165, 1.54) is 16.6 Å². The Morgan fingerprint density at radius 1 is 1.17 bits per heavy atom. The molecule has 0 spiro atoms. The second kappa shape index (κ2) is 8.74. The zero-order valence-corrected chi connectivity index (χ0v) is 16.5. The quantitative estimate of drug-likeness (QED) is 0.634. The Hall–Kier alpha value is -3.39. The SMILES string of the molecule is CCCn1c(N)c(N(CCOC)C(=O)c2ccc3ccccc3c2)c(=O)[nH]c1=O. The Kier molecular flexibility index (Phi) is 6.13. The first-order valence-electron chi connectivity index (χ1n) is 9.40. The van der Waals surface area contributed by atoms with Gasteiger partial charge in [0.25, 0.3) is 11.5 Å². The largest absolute Gasteiger partial charge is 0.383 e. The zero-order valence-electron chi connectivity index (χ0n) is 16.5. The van der Waals surface area contributed by atoms with Crippen LogP contribution in [0.25, 0.3) is 10.8 Å². The van der Waals surface area contributed by atoms with E-state index in [0.29, 0.717) is 18.5 Å². The van der Waals surface area contributed by atoms with Crippen LogP contribution in [0.1, 0.15) is 23.7 Å². The minimum Gasteiger partial charge on any atom is -0.383 e. The maximum Gasteiger partial charge on any atom is 0.330 e. The molecule has 3 aromatic rings. The lowest BCUT2D eigenvalue weighted by molar-refractivity contribution is 0.0975. The number of ether oxygens (including phenoxy) is 1. The van der Waals surface area contributed by atoms with Crippen molar-refractivity contribution >= 4 is 28.2 Å². The molecule has 1 heterocycles. The summed E-state index contributed by atoms with van der Waals surface area (Å²) in [6.07, 6.45) is 0.645. The van der Waals surface area contributed by atoms with Crippen molar-refractivity contribution in [2.45, 2.75) is 19.9 Å². The number of methoxy groups -OCH3 is 1. The monoisotopic (exact) mass is 396 g/mol. The number of nitrogens with zero attached hydrogens (tertiary/aromatic N) is 2. The van der Waals surface area contributed by atoms with Gasteiger partial charge in [0.2, 0.25) is 0 Å². The summed E-state index contributed by atoms with van der Waals surface area (Å²) < 4.78 is 6.38. The van der Waals surface area contributed by atoms with Crippen molar-refractivity contribution in [2.75, 3.05) is 30.9 Å². The number of benzene rings is 2. The number of carbonyl (C=O) groups is 1. The van der Waals surface area contributed by atoms with Gasteiger partial charge in [-0.15, -0.1) is 0 Å². The van der Waals surface area contributed by atoms with Crippen LogP contribution in [0.4, 0.5) is 11.5 Å². The van der Waals surface area contributed by atoms with E-state index in [-0.39, 0.29) is 24.7 Å². The van der Waals surface area contributed by atoms with Crippen molar-refractivity contribution in [3.05, 3.63) is 68.9 Å². The summed E-state index contributed by atoms with van der Waals surface area (Å²) in [6.45, 7) is 2.53. The van der Waals surface area contributed by atoms with Gasteiger partial charge in [0.05, 0.1) is 6.61 Å². The predicted octanol–water partition coefficient (Wildman–Crippen LogP) is 1.98. The highest BCUT2D eigenvalue weighted by molar-refractivity contribution is 6.09. The first-order chi connectivity index (χ1) is 14.0. The molecule has 0 unspecified atom stereocenters. The summed E-state index contributed by atoms with van der Waals surface area (Å²) in [7, 11) is 1.50. The molecule has 3 rings (SSSR count). The first kappa shape index (κ1) is 20.3. The summed E-state index contributed by atoms with van der Waals surface area (Å²) in [5.41, 5.74) is 5.22. The van der Waals surface area contributed by atoms with Crippen molar-refractivity contribution in [2.24, 2.45) is 0 Å². The van der Waals surface area contributed by atoms with E-state index in [9.17, 15) is 14.4 Å². The molecule has 0 aliphatic heterocycles. The van der Waals surface area contributed by atoms with Crippen molar-refractivity contribution < 1.29 is 9.53 Å². The molecule has 0 saturated heterocycles. The van der Waals surface area contributed by atoms with Gasteiger partial charge in [0, 0.05) is 25.8 Å². The lowest BCUT2D eigenvalue weighted by Gasteiger charge is -2.24. The Balaban J connectivity index is 2.12. The summed E-state index contributed by atoms with van der Waals surface area (Å²) in [5, 5.41) is 1.91. The molecule has 1 amide bonds. The summed E-state index contributed by atoms with van der Waals surface area (Å²) in [4.78, 5) is 41.6. The normalized spacial score (nSPS) is 11.0. The number of carbonyl (C=O) groups excluding carboxylic acids is 1. The molecule has 8 heteroatoms. The third kappa shape index (κ3) is 4.07. The molecular weight excluding hydrogens is 372 g/mol. The fourth-order valence-electron chi connectivity index (χ4n) is 3.26. The number of aromatic nitrogens is 2. The third-order valence-corrected chi connectivity index (χ3v) is 4.69. The Morgan fingerprint density at radius 2 is 1.90 bits per heavy atom. The van der Waals surface area contributed by atoms with E-state index in [1.54, 1.807) is 12.1 Å². The van der Waals surface area contributed by atoms with Gasteiger partial charge in [-0.3, -0.25) is 24.0 Å². The van der Waals surface area contributed by atoms with Gasteiger partial charge in [-0.1, -0.05) is 37.3 Å². The maximum absolute atomic E-state index is 13.3. The van der Waals surface area contributed by atoms with Crippen molar-refractivity contribution in [1.82, 2.24) is 9.55 Å². The number of fused-ring (bicyclic) bond motifs is 1. The molecule has 29 heavy (non-hydrogen) atoms. The lowest BCUT2D eigenvalue weighted by atomic mass is 10.1. The molecule has 0 atom stereocenters. The minimum atomic E-state index is -0.704. The predicted molar refractivity (Wildman–Crippen MR) is 114 cm³/mol. The summed E-state index contributed by atoms with van der Waals surface area (Å²) in [6, 6.07) is 13.0. The Morgan fingerprint density at radius 3 is 2.59 bits per heavy atom. The molecule has 152 valence electrons. The molecule has 0 radical (unpaired) electrons. The van der Waals surface area contributed by atoms with Crippen LogP contribution in [-0.4, -0.2) is 35.7 Å². The molecule has 0 aliphatic carbocycles. The highest BCUT2D eigenvalue weighted by atomic mass is 16.5. The number of H-pyrrole nitrogens is 1. The number of nitrogens with one attached hydrogen (secondary N) is 1. The zero-order chi connectivity index (χ0) is 21.0. The maximum atomic E-state index is 13.3. The highest BCUT2D eigenvalue weighted by Crippen LogP contribution is 2.22. The number of hydrogen-bond acceptors (Lipinski definition) is 5. The van der Waals surface area contributed by atoms with Gasteiger partial charge >= 0.3 is 5.69 Å². The molecule has 2 aromatic carbocycles. The third-order valence-electron chi connectivity index (χ3n) is 4.69. The number of nitrogens with two attached hydrogens (primary N) is 1. The van der Waals surface area contributed by atoms with Gasteiger partial charge in [-0.25, -0.2) is 4.79 Å². The van der Waals surface area contributed by atoms with Crippen LogP contribution in [0.2, 0.25) is 0 Å². The number of anilines is 2. The van der Waals surface area contributed by atoms with Crippen LogP contribution < -0.4 is 21.9 Å². The first-order valence-corrected chi connectivity index (χ1v) is 9.40. The summed E-state index contributed by atoms with van der Waals surface area (Å²) >= 11 is 0. The Bertz CT molecular complexity index is 1150. The van der Waals surface area contributed by atoms with Crippen LogP contribution in [0.3, 0.4) is 0 Å². The number of nitrogen functional groups attached to an aromatic ring is 1. The van der Waals surface area contributed by atoms with Gasteiger partial charge < -0.3 is 10.5 Å². The topological polar surface area (TPSA) is 110 Å². The Labute approximate surface area is 167 Å². The molecular formula is C21H24N4O4. The number of rotatable bonds is 7. The van der Waals surface area contributed by atoms with Crippen LogP contribution in [-0.2, 0) is 11.3 Å². The van der Waals surface area contributed by atoms with Gasteiger partial charge in [-0.2, -0.15) is 0 Å². The molecule has 3 N–H and O–H groups in total. The fourth-order valence-corrected chi connectivity index (χ4v) is 3.26. The number of hydrogen-bond donors (Lipinski definition) is 2. The van der Waals surface area contributed by atoms with Crippen molar-refractivity contribution in [3.8, 4) is 0 Å². The standard InChI is InChI=1S/C21H24N4O4/c1-3-10-25-18(22)17(19(26)23-21(25)28)24(11-12-29-2)20(27)16-9-8-14-6-4-5-7-15(14)13-16/h4-9,13H,3,10-12,22H2,1-2H3,(H,23,26,28). The molecule has 1 aromatic heterocycles. The van der Waals surface area contributed by atoms with E-state index in [0.717, 1.165) is 10.8 Å². The van der Waals surface area contributed by atoms with Crippen molar-refractivity contribution in [3.63, 3.8) is 0 Å². The molecule has 0 fully saturated rings. The molecule has 0 saturated carbocycles. The van der Waals surface area contributed by atoms with E-state index in [1.807, 2.05) is 37.3 Å². The second-order valence-electron chi connectivity index (χ2n) is 6.66. The lowest BCUT2D eigenvalue weighted by Crippen LogP contribution is -2.42. The molecule has 0 aliphatic rings. The van der Waals surface area contributed by atoms with Gasteiger partial charge in [0.1, 0.15) is 5.82 Å². The van der Waals surface area contributed by atoms with E-state index in [4.69, 9.17) is 10.5 Å². The van der Waals surface area contributed by atoms with Crippen LogP contribution in [0.15, 0.2) is 52.1 Å². The highest BCUT2D eigenvalue weighted by Gasteiger charge is 2.25. The van der Waals surface area contributed by atoms with E-state index < -0.39 is 17.2 Å². The molecule has 8 nitrogen and oxygen atoms in total. The average molecular weight is 396 g/mol. The average Bonchev–Trinajstić information content (AvgIpc) is 2.72. The minimum absolute atomic E-state index is 0.0363. The van der Waals surface area contributed by atoms with Crippen LogP contribution >= 0.6 is 0 Å². The smallest absolute Gasteiger partial charge is 0.330 e. The van der Waals surface area contributed by atoms with Crippen LogP contribution in [0, 0.1) is 0 Å². The van der Waals surface area contributed by atoms with Gasteiger partial charge in [0.15, 0.2) is 5.69 Å². The molecule has 0 bridgehead atoms. The van der Waals surface area contributed by atoms with E-state index >= 15 is 0 Å². The summed E-state index contributed by atoms with van der Waals surface area (Å²) in [5.74, 6) is -0.433. The number of amides is 1. The van der Waals surface area contributed by atoms with E-state index in [2.05, 4.69) is 4.98 Å². The number of aromatic amines is 1. The van der Waals surface area contributed by atoms with Crippen LogP contribution in [0.5, 0.6) is 0 Å². The fraction of sp³-hybridized carbons (Fsp3) is 0.286. The second-order valence-corrected chi connectivity index (χ2v) is 6.66.